The lowest BCUT2D eigenvalue weighted by Crippen LogP contribution is -2.39. The predicted molar refractivity (Wildman–Crippen MR) is 86.7 cm³/mol. The number of anilines is 1. The molecule has 0 saturated heterocycles. The maximum absolute atomic E-state index is 12.8. The zero-order valence-corrected chi connectivity index (χ0v) is 14.2. The first-order valence-corrected chi connectivity index (χ1v) is 9.02. The Labute approximate surface area is 128 Å². The number of hydrogen-bond donors (Lipinski definition) is 1. The van der Waals surface area contributed by atoms with Gasteiger partial charge < -0.3 is 5.73 Å². The minimum atomic E-state index is -3.47. The van der Waals surface area contributed by atoms with Crippen LogP contribution in [-0.2, 0) is 10.0 Å². The van der Waals surface area contributed by atoms with Gasteiger partial charge in [-0.25, -0.2) is 8.42 Å². The fourth-order valence-corrected chi connectivity index (χ4v) is 4.61. The molecule has 0 heterocycles. The number of benzene rings is 1. The molecule has 5 heteroatoms. The second-order valence-electron chi connectivity index (χ2n) is 6.40. The first kappa shape index (κ1) is 16.3. The Morgan fingerprint density at radius 2 is 1.90 bits per heavy atom. The van der Waals surface area contributed by atoms with Gasteiger partial charge in [0.25, 0.3) is 0 Å². The molecule has 2 atom stereocenters. The summed E-state index contributed by atoms with van der Waals surface area (Å²) in [6.07, 6.45) is 4.18. The third-order valence-electron chi connectivity index (χ3n) is 4.78. The van der Waals surface area contributed by atoms with Crippen molar-refractivity contribution >= 4 is 15.7 Å². The Balaban J connectivity index is 2.33. The van der Waals surface area contributed by atoms with E-state index in [2.05, 4.69) is 6.92 Å². The van der Waals surface area contributed by atoms with E-state index in [1.807, 2.05) is 13.8 Å². The molecule has 1 aromatic carbocycles. The first-order valence-electron chi connectivity index (χ1n) is 7.58. The number of hydrogen-bond acceptors (Lipinski definition) is 3. The highest BCUT2D eigenvalue weighted by Gasteiger charge is 2.31. The van der Waals surface area contributed by atoms with Gasteiger partial charge in [0.15, 0.2) is 0 Å². The second-order valence-corrected chi connectivity index (χ2v) is 8.40. The summed E-state index contributed by atoms with van der Waals surface area (Å²) < 4.78 is 27.2. The molecule has 1 fully saturated rings. The molecular weight excluding hydrogens is 284 g/mol. The Bertz CT molecular complexity index is 602. The molecule has 0 aliphatic heterocycles. The van der Waals surface area contributed by atoms with Crippen LogP contribution in [0.4, 0.5) is 5.69 Å². The van der Waals surface area contributed by atoms with Crippen LogP contribution in [0.15, 0.2) is 17.0 Å². The molecule has 0 amide bonds. The number of aryl methyl sites for hydroxylation is 1. The van der Waals surface area contributed by atoms with Gasteiger partial charge in [-0.05, 0) is 55.9 Å². The van der Waals surface area contributed by atoms with Crippen LogP contribution in [0.5, 0.6) is 0 Å². The maximum Gasteiger partial charge on any atom is 0.243 e. The smallest absolute Gasteiger partial charge is 0.243 e. The van der Waals surface area contributed by atoms with Crippen LogP contribution in [0.3, 0.4) is 0 Å². The lowest BCUT2D eigenvalue weighted by molar-refractivity contribution is 0.239. The van der Waals surface area contributed by atoms with Gasteiger partial charge in [-0.1, -0.05) is 19.8 Å². The van der Waals surface area contributed by atoms with E-state index >= 15 is 0 Å². The third kappa shape index (κ3) is 3.24. The molecule has 0 aromatic heterocycles. The molecule has 2 N–H and O–H groups in total. The number of nitrogen functional groups attached to an aromatic ring is 1. The van der Waals surface area contributed by atoms with Gasteiger partial charge in [0.05, 0.1) is 4.90 Å². The molecule has 0 radical (unpaired) electrons. The maximum atomic E-state index is 12.8. The molecule has 2 unspecified atom stereocenters. The normalized spacial score (nSPS) is 23.5. The Kier molecular flexibility index (Phi) is 4.63. The monoisotopic (exact) mass is 310 g/mol. The minimum absolute atomic E-state index is 0.0987. The summed E-state index contributed by atoms with van der Waals surface area (Å²) in [4.78, 5) is 0.309. The molecule has 1 aromatic rings. The topological polar surface area (TPSA) is 63.4 Å². The van der Waals surface area contributed by atoms with E-state index in [1.165, 1.54) is 6.42 Å². The summed E-state index contributed by atoms with van der Waals surface area (Å²) in [7, 11) is -1.77. The Hall–Kier alpha value is -1.07. The first-order chi connectivity index (χ1) is 9.73. The average Bonchev–Trinajstić information content (AvgIpc) is 2.43. The third-order valence-corrected chi connectivity index (χ3v) is 6.67. The Morgan fingerprint density at radius 1 is 1.24 bits per heavy atom. The number of sulfonamides is 1. The van der Waals surface area contributed by atoms with Crippen molar-refractivity contribution in [3.63, 3.8) is 0 Å². The second kappa shape index (κ2) is 5.97. The van der Waals surface area contributed by atoms with Gasteiger partial charge in [-0.3, -0.25) is 0 Å². The van der Waals surface area contributed by atoms with E-state index in [1.54, 1.807) is 23.5 Å². The number of nitrogens with zero attached hydrogens (tertiary/aromatic N) is 1. The van der Waals surface area contributed by atoms with Crippen LogP contribution < -0.4 is 5.73 Å². The molecule has 4 nitrogen and oxygen atoms in total. The summed E-state index contributed by atoms with van der Waals surface area (Å²) in [5.74, 6) is 0.589. The van der Waals surface area contributed by atoms with Crippen LogP contribution in [-0.4, -0.2) is 25.8 Å². The largest absolute Gasteiger partial charge is 0.398 e. The highest BCUT2D eigenvalue weighted by atomic mass is 32.2. The van der Waals surface area contributed by atoms with E-state index < -0.39 is 10.0 Å². The van der Waals surface area contributed by atoms with Gasteiger partial charge >= 0.3 is 0 Å². The lowest BCUT2D eigenvalue weighted by Gasteiger charge is -2.33. The van der Waals surface area contributed by atoms with Crippen LogP contribution in [0.2, 0.25) is 0 Å². The summed E-state index contributed by atoms with van der Waals surface area (Å²) in [6, 6.07) is 3.41. The van der Waals surface area contributed by atoms with Crippen molar-refractivity contribution in [2.24, 2.45) is 5.92 Å². The summed E-state index contributed by atoms with van der Waals surface area (Å²) in [5, 5.41) is 0. The molecule has 1 saturated carbocycles. The van der Waals surface area contributed by atoms with Gasteiger partial charge in [0.1, 0.15) is 0 Å². The fraction of sp³-hybridized carbons (Fsp3) is 0.625. The summed E-state index contributed by atoms with van der Waals surface area (Å²) in [5.41, 5.74) is 8.34. The lowest BCUT2D eigenvalue weighted by atomic mass is 9.87. The van der Waals surface area contributed by atoms with Crippen LogP contribution >= 0.6 is 0 Å². The van der Waals surface area contributed by atoms with Gasteiger partial charge in [0, 0.05) is 18.8 Å². The molecule has 21 heavy (non-hydrogen) atoms. The van der Waals surface area contributed by atoms with Crippen molar-refractivity contribution in [3.8, 4) is 0 Å². The molecular formula is C16H26N2O2S. The quantitative estimate of drug-likeness (QED) is 0.873. The summed E-state index contributed by atoms with van der Waals surface area (Å²) >= 11 is 0. The van der Waals surface area contributed by atoms with Gasteiger partial charge in [-0.2, -0.15) is 4.31 Å². The van der Waals surface area contributed by atoms with Crippen LogP contribution in [0.1, 0.15) is 43.7 Å². The van der Waals surface area contributed by atoms with Crippen molar-refractivity contribution in [2.45, 2.75) is 57.4 Å². The average molecular weight is 310 g/mol. The predicted octanol–water partition coefficient (Wildman–Crippen LogP) is 3.08. The molecule has 1 aliphatic rings. The molecule has 0 bridgehead atoms. The van der Waals surface area contributed by atoms with E-state index in [0.29, 0.717) is 16.5 Å². The van der Waals surface area contributed by atoms with Crippen molar-refractivity contribution in [2.75, 3.05) is 12.8 Å². The highest BCUT2D eigenvalue weighted by Crippen LogP contribution is 2.31. The fourth-order valence-electron chi connectivity index (χ4n) is 3.10. The van der Waals surface area contributed by atoms with Crippen molar-refractivity contribution in [3.05, 3.63) is 23.3 Å². The van der Waals surface area contributed by atoms with Crippen molar-refractivity contribution in [1.29, 1.82) is 0 Å². The van der Waals surface area contributed by atoms with E-state index in [0.717, 1.165) is 30.4 Å². The van der Waals surface area contributed by atoms with E-state index in [9.17, 15) is 8.42 Å². The Morgan fingerprint density at radius 3 is 2.48 bits per heavy atom. The highest BCUT2D eigenvalue weighted by molar-refractivity contribution is 7.89. The molecule has 2 rings (SSSR count). The summed E-state index contributed by atoms with van der Waals surface area (Å²) in [6.45, 7) is 6.00. The van der Waals surface area contributed by atoms with Crippen molar-refractivity contribution in [1.82, 2.24) is 4.31 Å². The minimum Gasteiger partial charge on any atom is -0.398 e. The van der Waals surface area contributed by atoms with Crippen LogP contribution in [0.25, 0.3) is 0 Å². The van der Waals surface area contributed by atoms with E-state index in [4.69, 9.17) is 5.73 Å². The zero-order chi connectivity index (χ0) is 15.8. The molecule has 118 valence electrons. The molecule has 0 spiro atoms. The number of rotatable bonds is 3. The van der Waals surface area contributed by atoms with E-state index in [-0.39, 0.29) is 6.04 Å². The zero-order valence-electron chi connectivity index (χ0n) is 13.4. The standard InChI is InChI=1S/C16H26N2O2S/c1-11-6-5-7-14(8-11)18(4)21(19,20)15-9-12(2)13(3)16(17)10-15/h9-11,14H,5-8,17H2,1-4H3. The number of nitrogens with two attached hydrogens (primary N) is 1. The van der Waals surface area contributed by atoms with Crippen molar-refractivity contribution < 1.29 is 8.42 Å². The van der Waals surface area contributed by atoms with Gasteiger partial charge in [-0.15, -0.1) is 0 Å². The SMILES string of the molecule is Cc1cc(S(=O)(=O)N(C)C2CCCC(C)C2)cc(N)c1C. The molecule has 1 aliphatic carbocycles. The van der Waals surface area contributed by atoms with Crippen LogP contribution in [0, 0.1) is 19.8 Å². The van der Waals surface area contributed by atoms with Gasteiger partial charge in [0.2, 0.25) is 10.0 Å².